The molecule has 0 atom stereocenters. The third-order valence-electron chi connectivity index (χ3n) is 13.6. The molecular weight excluding hydrogens is 649 g/mol. The van der Waals surface area contributed by atoms with Gasteiger partial charge in [-0.1, -0.05) is 84.9 Å². The van der Waals surface area contributed by atoms with Crippen molar-refractivity contribution in [3.63, 3.8) is 0 Å². The fourth-order valence-corrected chi connectivity index (χ4v) is 10.5. The molecule has 0 spiro atoms. The van der Waals surface area contributed by atoms with Gasteiger partial charge in [-0.3, -0.25) is 0 Å². The summed E-state index contributed by atoms with van der Waals surface area (Å²) in [6.07, 6.45) is 0. The Labute approximate surface area is 316 Å². The van der Waals surface area contributed by atoms with Gasteiger partial charge in [-0.15, -0.1) is 0 Å². The van der Waals surface area contributed by atoms with E-state index in [0.717, 1.165) is 0 Å². The molecule has 0 fully saturated rings. The molecule has 54 heavy (non-hydrogen) atoms. The molecule has 11 aromatic carbocycles. The number of rotatable bonds is 2. The van der Waals surface area contributed by atoms with E-state index >= 15 is 0 Å². The zero-order chi connectivity index (χ0) is 36.9. The quantitative estimate of drug-likeness (QED) is 0.158. The van der Waals surface area contributed by atoms with Crippen LogP contribution >= 0.6 is 0 Å². The highest BCUT2D eigenvalue weighted by molar-refractivity contribution is 6.40. The minimum absolute atomic E-state index is 1.31. The highest BCUT2D eigenvalue weighted by atomic mass is 14.2. The molecule has 0 N–H and O–H groups in total. The molecule has 11 rings (SSSR count). The van der Waals surface area contributed by atoms with E-state index in [9.17, 15) is 0 Å². The summed E-state index contributed by atoms with van der Waals surface area (Å²) >= 11 is 0. The Hall–Kier alpha value is -5.98. The Morgan fingerprint density at radius 3 is 0.870 bits per heavy atom. The van der Waals surface area contributed by atoms with Crippen molar-refractivity contribution >= 4 is 86.2 Å². The number of fused-ring (bicyclic) bond motifs is 11. The first-order chi connectivity index (χ1) is 26.1. The molecule has 0 heterocycles. The van der Waals surface area contributed by atoms with E-state index in [4.69, 9.17) is 0 Å². The molecule has 0 aromatic heterocycles. The van der Waals surface area contributed by atoms with Crippen LogP contribution in [0, 0.1) is 55.4 Å². The predicted molar refractivity (Wildman–Crippen MR) is 238 cm³/mol. The molecule has 11 aromatic rings. The summed E-state index contributed by atoms with van der Waals surface area (Å²) < 4.78 is 0. The van der Waals surface area contributed by atoms with Gasteiger partial charge < -0.3 is 0 Å². The minimum atomic E-state index is 1.31. The SMILES string of the molecule is Cc1cc(C)c(C)c(-c2ccc3c(c2)c2cc4c5cc6c7cc(-c8c(C)c(C)cc(C)c8C)ccc7c7cccc(c5ccc4c4cccc3c42)c76)c1C. The highest BCUT2D eigenvalue weighted by Crippen LogP contribution is 2.48. The Bertz CT molecular complexity index is 3160. The van der Waals surface area contributed by atoms with Crippen LogP contribution in [0.15, 0.2) is 109 Å². The summed E-state index contributed by atoms with van der Waals surface area (Å²) in [5.74, 6) is 0. The molecule has 0 saturated carbocycles. The van der Waals surface area contributed by atoms with Gasteiger partial charge in [0.2, 0.25) is 0 Å². The fraction of sp³-hybridized carbons (Fsp3) is 0.148. The molecule has 0 aliphatic carbocycles. The van der Waals surface area contributed by atoms with Crippen molar-refractivity contribution in [1.29, 1.82) is 0 Å². The molecule has 0 nitrogen and oxygen atoms in total. The maximum atomic E-state index is 2.53. The van der Waals surface area contributed by atoms with E-state index in [-0.39, 0.29) is 0 Å². The molecule has 258 valence electrons. The Morgan fingerprint density at radius 1 is 0.241 bits per heavy atom. The Kier molecular flexibility index (Phi) is 6.31. The van der Waals surface area contributed by atoms with Gasteiger partial charge in [-0.05, 0) is 233 Å². The minimum Gasteiger partial charge on any atom is -0.0610 e. The summed E-state index contributed by atoms with van der Waals surface area (Å²) in [6.45, 7) is 18.1. The smallest absolute Gasteiger partial charge is 0.00199 e. The second kappa shape index (κ2) is 10.8. The van der Waals surface area contributed by atoms with Gasteiger partial charge in [0, 0.05) is 0 Å². The van der Waals surface area contributed by atoms with E-state index in [2.05, 4.69) is 165 Å². The van der Waals surface area contributed by atoms with Gasteiger partial charge in [0.25, 0.3) is 0 Å². The van der Waals surface area contributed by atoms with E-state index in [1.54, 1.807) is 0 Å². The Balaban J connectivity index is 1.26. The van der Waals surface area contributed by atoms with E-state index < -0.39 is 0 Å². The lowest BCUT2D eigenvalue weighted by Gasteiger charge is -2.16. The maximum Gasteiger partial charge on any atom is -0.00199 e. The number of aryl methyl sites for hydroxylation is 4. The number of benzene rings is 9. The van der Waals surface area contributed by atoms with Crippen LogP contribution in [-0.4, -0.2) is 0 Å². The van der Waals surface area contributed by atoms with Crippen LogP contribution in [0.5, 0.6) is 0 Å². The summed E-state index contributed by atoms with van der Waals surface area (Å²) in [5, 5.41) is 21.5. The molecule has 0 radical (unpaired) electrons. The predicted octanol–water partition coefficient (Wildman–Crippen LogP) is 15.6. The van der Waals surface area contributed by atoms with Crippen LogP contribution in [0.25, 0.3) is 108 Å². The van der Waals surface area contributed by atoms with Gasteiger partial charge in [-0.2, -0.15) is 0 Å². The second-order valence-electron chi connectivity index (χ2n) is 16.4. The molecule has 0 saturated heterocycles. The molecule has 0 aliphatic rings. The topological polar surface area (TPSA) is 0 Å². The Morgan fingerprint density at radius 2 is 0.537 bits per heavy atom. The first kappa shape index (κ1) is 31.5. The van der Waals surface area contributed by atoms with Crippen LogP contribution in [-0.2, 0) is 0 Å². The highest BCUT2D eigenvalue weighted by Gasteiger charge is 2.21. The van der Waals surface area contributed by atoms with Crippen LogP contribution in [0.4, 0.5) is 0 Å². The first-order valence-corrected chi connectivity index (χ1v) is 19.4. The van der Waals surface area contributed by atoms with E-state index in [1.165, 1.54) is 153 Å². The molecule has 0 heteroatoms. The van der Waals surface area contributed by atoms with Crippen molar-refractivity contribution in [2.45, 2.75) is 55.4 Å². The number of hydrogen-bond donors (Lipinski definition) is 0. The van der Waals surface area contributed by atoms with Crippen molar-refractivity contribution < 1.29 is 0 Å². The summed E-state index contributed by atoms with van der Waals surface area (Å²) in [5.41, 5.74) is 16.3. The molecule has 0 amide bonds. The van der Waals surface area contributed by atoms with Gasteiger partial charge in [0.1, 0.15) is 0 Å². The molecule has 0 aliphatic heterocycles. The fourth-order valence-electron chi connectivity index (χ4n) is 10.5. The monoisotopic (exact) mass is 690 g/mol. The van der Waals surface area contributed by atoms with Crippen LogP contribution in [0.1, 0.15) is 44.5 Å². The standard InChI is InChI=1S/C54H42/c1-27-21-28(2)32(6)51(31(27)5)35-15-17-37-41-11-9-13-43-39-19-20-40-44-14-10-12-42-38-18-16-36(52-33(7)29(3)22-30(4)34(52)8)24-46(38)50(54(42)44)26-48(40)47(39)25-49(53(41)43)45(37)23-35/h9-26H,1-8H3. The second-order valence-corrected chi connectivity index (χ2v) is 16.4. The van der Waals surface area contributed by atoms with Gasteiger partial charge in [0.15, 0.2) is 0 Å². The lowest BCUT2D eigenvalue weighted by molar-refractivity contribution is 1.25. The van der Waals surface area contributed by atoms with Crippen molar-refractivity contribution in [3.05, 3.63) is 154 Å². The molecule has 0 unspecified atom stereocenters. The zero-order valence-electron chi connectivity index (χ0n) is 32.4. The van der Waals surface area contributed by atoms with E-state index in [0.29, 0.717) is 0 Å². The average molecular weight is 691 g/mol. The largest absolute Gasteiger partial charge is 0.0610 e. The summed E-state index contributed by atoms with van der Waals surface area (Å²) in [6, 6.07) is 42.7. The average Bonchev–Trinajstić information content (AvgIpc) is 3.66. The van der Waals surface area contributed by atoms with Crippen molar-refractivity contribution in [3.8, 4) is 22.3 Å². The molecular formula is C54H42. The summed E-state index contributed by atoms with van der Waals surface area (Å²) in [4.78, 5) is 0. The van der Waals surface area contributed by atoms with Crippen LogP contribution in [0.2, 0.25) is 0 Å². The normalized spacial score (nSPS) is 12.4. The van der Waals surface area contributed by atoms with Crippen molar-refractivity contribution in [2.24, 2.45) is 0 Å². The van der Waals surface area contributed by atoms with Crippen molar-refractivity contribution in [1.82, 2.24) is 0 Å². The van der Waals surface area contributed by atoms with Crippen LogP contribution in [0.3, 0.4) is 0 Å². The third-order valence-corrected chi connectivity index (χ3v) is 13.6. The number of hydrogen-bond acceptors (Lipinski definition) is 0. The lowest BCUT2D eigenvalue weighted by Crippen LogP contribution is -1.95. The van der Waals surface area contributed by atoms with E-state index in [1.807, 2.05) is 0 Å². The first-order valence-electron chi connectivity index (χ1n) is 19.4. The maximum absolute atomic E-state index is 2.53. The third kappa shape index (κ3) is 3.98. The van der Waals surface area contributed by atoms with Crippen molar-refractivity contribution in [2.75, 3.05) is 0 Å². The van der Waals surface area contributed by atoms with Gasteiger partial charge >= 0.3 is 0 Å². The van der Waals surface area contributed by atoms with Crippen LogP contribution < -0.4 is 0 Å². The molecule has 0 bridgehead atoms. The van der Waals surface area contributed by atoms with Gasteiger partial charge in [0.05, 0.1) is 0 Å². The lowest BCUT2D eigenvalue weighted by atomic mass is 9.89. The summed E-state index contributed by atoms with van der Waals surface area (Å²) in [7, 11) is 0. The van der Waals surface area contributed by atoms with Gasteiger partial charge in [-0.25, -0.2) is 0 Å². The zero-order valence-corrected chi connectivity index (χ0v) is 32.4.